The van der Waals surface area contributed by atoms with Crippen molar-refractivity contribution in [2.45, 2.75) is 6.04 Å². The molecule has 106 valence electrons. The van der Waals surface area contributed by atoms with Gasteiger partial charge in [0, 0.05) is 19.2 Å². The van der Waals surface area contributed by atoms with Crippen molar-refractivity contribution in [2.75, 3.05) is 25.6 Å². The number of para-hydroxylation sites is 2. The van der Waals surface area contributed by atoms with E-state index in [1.807, 2.05) is 42.3 Å². The number of anilines is 1. The number of ether oxygens (including phenoxy) is 1. The summed E-state index contributed by atoms with van der Waals surface area (Å²) in [4.78, 5) is 1.81. The number of hydrogen-bond acceptors (Lipinski definition) is 3. The molecule has 0 saturated heterocycles. The van der Waals surface area contributed by atoms with Gasteiger partial charge < -0.3 is 15.4 Å². The SMILES string of the molecule is COc1ccccc1C(N)CN(C)c1ccccc1F. The summed E-state index contributed by atoms with van der Waals surface area (Å²) in [5, 5.41) is 0. The fourth-order valence-electron chi connectivity index (χ4n) is 2.23. The first-order valence-corrected chi connectivity index (χ1v) is 6.47. The van der Waals surface area contributed by atoms with Gasteiger partial charge in [0.25, 0.3) is 0 Å². The number of hydrogen-bond donors (Lipinski definition) is 1. The smallest absolute Gasteiger partial charge is 0.146 e. The van der Waals surface area contributed by atoms with Gasteiger partial charge in [-0.15, -0.1) is 0 Å². The lowest BCUT2D eigenvalue weighted by Crippen LogP contribution is -2.29. The van der Waals surface area contributed by atoms with Crippen LogP contribution in [0.4, 0.5) is 10.1 Å². The zero-order chi connectivity index (χ0) is 14.5. The van der Waals surface area contributed by atoms with Crippen LogP contribution in [0, 0.1) is 5.82 Å². The largest absolute Gasteiger partial charge is 0.496 e. The highest BCUT2D eigenvalue weighted by Crippen LogP contribution is 2.25. The molecule has 0 aliphatic rings. The average molecular weight is 274 g/mol. The first kappa shape index (κ1) is 14.3. The van der Waals surface area contributed by atoms with Crippen LogP contribution in [0.3, 0.4) is 0 Å². The van der Waals surface area contributed by atoms with Crippen LogP contribution >= 0.6 is 0 Å². The third-order valence-corrected chi connectivity index (χ3v) is 3.27. The van der Waals surface area contributed by atoms with E-state index in [4.69, 9.17) is 10.5 Å². The standard InChI is InChI=1S/C16H19FN2O/c1-19(15-9-5-4-8-13(15)17)11-14(18)12-7-3-6-10-16(12)20-2/h3-10,14H,11,18H2,1-2H3. The summed E-state index contributed by atoms with van der Waals surface area (Å²) >= 11 is 0. The number of nitrogens with two attached hydrogens (primary N) is 1. The van der Waals surface area contributed by atoms with Crippen molar-refractivity contribution in [2.24, 2.45) is 5.73 Å². The lowest BCUT2D eigenvalue weighted by molar-refractivity contribution is 0.405. The molecule has 2 aromatic rings. The third-order valence-electron chi connectivity index (χ3n) is 3.27. The van der Waals surface area contributed by atoms with E-state index < -0.39 is 0 Å². The van der Waals surface area contributed by atoms with Crippen molar-refractivity contribution < 1.29 is 9.13 Å². The molecule has 1 unspecified atom stereocenters. The average Bonchev–Trinajstić information content (AvgIpc) is 2.47. The molecule has 20 heavy (non-hydrogen) atoms. The van der Waals surface area contributed by atoms with Crippen LogP contribution < -0.4 is 15.4 Å². The molecule has 0 bridgehead atoms. The Morgan fingerprint density at radius 1 is 1.15 bits per heavy atom. The Balaban J connectivity index is 2.15. The molecule has 3 nitrogen and oxygen atoms in total. The fraction of sp³-hybridized carbons (Fsp3) is 0.250. The Labute approximate surface area is 118 Å². The summed E-state index contributed by atoms with van der Waals surface area (Å²) < 4.78 is 19.0. The molecule has 2 aromatic carbocycles. The quantitative estimate of drug-likeness (QED) is 0.911. The van der Waals surface area contributed by atoms with E-state index in [1.165, 1.54) is 6.07 Å². The second-order valence-electron chi connectivity index (χ2n) is 4.68. The maximum Gasteiger partial charge on any atom is 0.146 e. The summed E-state index contributed by atoms with van der Waals surface area (Å²) in [7, 11) is 3.44. The highest BCUT2D eigenvalue weighted by Gasteiger charge is 2.15. The molecule has 2 N–H and O–H groups in total. The summed E-state index contributed by atoms with van der Waals surface area (Å²) in [5.74, 6) is 0.504. The van der Waals surface area contributed by atoms with Gasteiger partial charge in [-0.25, -0.2) is 4.39 Å². The second kappa shape index (κ2) is 6.39. The highest BCUT2D eigenvalue weighted by atomic mass is 19.1. The lowest BCUT2D eigenvalue weighted by Gasteiger charge is -2.24. The molecule has 0 amide bonds. The number of nitrogens with zero attached hydrogens (tertiary/aromatic N) is 1. The monoisotopic (exact) mass is 274 g/mol. The van der Waals surface area contributed by atoms with E-state index in [0.29, 0.717) is 12.2 Å². The Morgan fingerprint density at radius 2 is 1.80 bits per heavy atom. The summed E-state index contributed by atoms with van der Waals surface area (Å²) in [6.45, 7) is 0.501. The molecule has 0 aliphatic carbocycles. The number of methoxy groups -OCH3 is 1. The number of likely N-dealkylation sites (N-methyl/N-ethyl adjacent to an activating group) is 1. The molecule has 0 spiro atoms. The summed E-state index contributed by atoms with van der Waals surface area (Å²) in [6.07, 6.45) is 0. The van der Waals surface area contributed by atoms with E-state index in [0.717, 1.165) is 11.3 Å². The van der Waals surface area contributed by atoms with Crippen molar-refractivity contribution >= 4 is 5.69 Å². The predicted octanol–water partition coefficient (Wildman–Crippen LogP) is 2.97. The van der Waals surface area contributed by atoms with Gasteiger partial charge in [-0.3, -0.25) is 0 Å². The molecule has 1 atom stereocenters. The van der Waals surface area contributed by atoms with E-state index >= 15 is 0 Å². The van der Waals surface area contributed by atoms with Crippen LogP contribution in [-0.2, 0) is 0 Å². The second-order valence-corrected chi connectivity index (χ2v) is 4.68. The van der Waals surface area contributed by atoms with E-state index in [2.05, 4.69) is 0 Å². The molecular formula is C16H19FN2O. The fourth-order valence-corrected chi connectivity index (χ4v) is 2.23. The zero-order valence-electron chi connectivity index (χ0n) is 11.7. The molecule has 0 aliphatic heterocycles. The van der Waals surface area contributed by atoms with Crippen LogP contribution in [0.15, 0.2) is 48.5 Å². The van der Waals surface area contributed by atoms with Gasteiger partial charge in [-0.2, -0.15) is 0 Å². The van der Waals surface area contributed by atoms with Crippen LogP contribution in [0.25, 0.3) is 0 Å². The minimum atomic E-state index is -0.254. The minimum absolute atomic E-state index is 0.248. The Kier molecular flexibility index (Phi) is 4.58. The molecular weight excluding hydrogens is 255 g/mol. The van der Waals surface area contributed by atoms with Crippen molar-refractivity contribution in [3.63, 3.8) is 0 Å². The van der Waals surface area contributed by atoms with Gasteiger partial charge in [0.1, 0.15) is 11.6 Å². The minimum Gasteiger partial charge on any atom is -0.496 e. The van der Waals surface area contributed by atoms with Gasteiger partial charge in [0.2, 0.25) is 0 Å². The van der Waals surface area contributed by atoms with Gasteiger partial charge in [0.15, 0.2) is 0 Å². The van der Waals surface area contributed by atoms with E-state index in [-0.39, 0.29) is 11.9 Å². The topological polar surface area (TPSA) is 38.5 Å². The van der Waals surface area contributed by atoms with Crippen LogP contribution in [-0.4, -0.2) is 20.7 Å². The van der Waals surface area contributed by atoms with Crippen molar-refractivity contribution in [1.82, 2.24) is 0 Å². The number of halogens is 1. The van der Waals surface area contributed by atoms with Crippen molar-refractivity contribution in [1.29, 1.82) is 0 Å². The summed E-state index contributed by atoms with van der Waals surface area (Å²) in [6, 6.07) is 14.0. The van der Waals surface area contributed by atoms with Crippen LogP contribution in [0.1, 0.15) is 11.6 Å². The van der Waals surface area contributed by atoms with E-state index in [9.17, 15) is 4.39 Å². The molecule has 0 radical (unpaired) electrons. The molecule has 0 fully saturated rings. The van der Waals surface area contributed by atoms with E-state index in [1.54, 1.807) is 19.2 Å². The van der Waals surface area contributed by atoms with Gasteiger partial charge >= 0.3 is 0 Å². The number of rotatable bonds is 5. The molecule has 0 aromatic heterocycles. The van der Waals surface area contributed by atoms with Crippen LogP contribution in [0.5, 0.6) is 5.75 Å². The lowest BCUT2D eigenvalue weighted by atomic mass is 10.1. The first-order chi connectivity index (χ1) is 9.63. The van der Waals surface area contributed by atoms with Crippen molar-refractivity contribution in [3.05, 3.63) is 59.9 Å². The molecule has 4 heteroatoms. The Morgan fingerprint density at radius 3 is 2.50 bits per heavy atom. The molecule has 0 saturated carbocycles. The summed E-state index contributed by atoms with van der Waals surface area (Å²) in [5.41, 5.74) is 7.67. The van der Waals surface area contributed by atoms with Gasteiger partial charge in [-0.05, 0) is 18.2 Å². The first-order valence-electron chi connectivity index (χ1n) is 6.47. The Hall–Kier alpha value is -2.07. The predicted molar refractivity (Wildman–Crippen MR) is 79.6 cm³/mol. The van der Waals surface area contributed by atoms with Crippen LogP contribution in [0.2, 0.25) is 0 Å². The molecule has 0 heterocycles. The molecule has 2 rings (SSSR count). The van der Waals surface area contributed by atoms with Gasteiger partial charge in [-0.1, -0.05) is 30.3 Å². The highest BCUT2D eigenvalue weighted by molar-refractivity contribution is 5.47. The zero-order valence-corrected chi connectivity index (χ0v) is 11.7. The normalized spacial score (nSPS) is 12.0. The maximum absolute atomic E-state index is 13.7. The number of benzene rings is 2. The Bertz CT molecular complexity index is 574. The van der Waals surface area contributed by atoms with Gasteiger partial charge in [0.05, 0.1) is 18.8 Å². The van der Waals surface area contributed by atoms with Crippen molar-refractivity contribution in [3.8, 4) is 5.75 Å². The maximum atomic E-state index is 13.7. The third kappa shape index (κ3) is 3.08.